The first-order chi connectivity index (χ1) is 14.6. The Kier molecular flexibility index (Phi) is 6.22. The molecule has 5 fully saturated rings. The molecule has 0 aliphatic heterocycles. The number of rotatable bonds is 5. The lowest BCUT2D eigenvalue weighted by Crippen LogP contribution is -2.68. The lowest BCUT2D eigenvalue weighted by Gasteiger charge is -2.70. The van der Waals surface area contributed by atoms with E-state index in [2.05, 4.69) is 20.1 Å². The number of hydrogen-bond donors (Lipinski definition) is 0. The largest absolute Gasteiger partial charge is 0.462 e. The molecule has 0 unspecified atom stereocenters. The standard InChI is InChI=1S/C25H41NO4S/c1-16(27)30-21-18(15-31-6)17-8-12-25(21)13-9-19-23(2,20(25)14-17)10-7-11-24(19,3)22(28)26(4)29-5/h17-21H,7-15H2,1-6H3/t17-,18+,19+,20+,21-,23-,24-,25+/m1/s1. The number of hydrogen-bond acceptors (Lipinski definition) is 5. The van der Waals surface area contributed by atoms with E-state index in [-0.39, 0.29) is 34.2 Å². The third kappa shape index (κ3) is 3.37. The number of carbonyl (C=O) groups excluding carboxylic acids is 2. The van der Waals surface area contributed by atoms with E-state index in [0.717, 1.165) is 31.4 Å². The summed E-state index contributed by atoms with van der Waals surface area (Å²) in [5.74, 6) is 3.05. The molecular weight excluding hydrogens is 410 g/mol. The molecule has 2 bridgehead atoms. The van der Waals surface area contributed by atoms with Gasteiger partial charge in [0.15, 0.2) is 0 Å². The van der Waals surface area contributed by atoms with Crippen molar-refractivity contribution in [2.45, 2.75) is 78.2 Å². The highest BCUT2D eigenvalue weighted by Crippen LogP contribution is 2.73. The molecule has 0 aromatic heterocycles. The zero-order valence-electron chi connectivity index (χ0n) is 20.2. The van der Waals surface area contributed by atoms with Crippen LogP contribution in [-0.2, 0) is 19.2 Å². The molecule has 5 saturated carbocycles. The summed E-state index contributed by atoms with van der Waals surface area (Å²) in [6, 6.07) is 0. The molecule has 0 heterocycles. The number of nitrogens with zero attached hydrogens (tertiary/aromatic N) is 1. The highest BCUT2D eigenvalue weighted by molar-refractivity contribution is 7.98. The molecule has 6 heteroatoms. The molecule has 8 atom stereocenters. The lowest BCUT2D eigenvalue weighted by atomic mass is 9.35. The van der Waals surface area contributed by atoms with Crippen LogP contribution in [0.1, 0.15) is 72.1 Å². The van der Waals surface area contributed by atoms with Crippen molar-refractivity contribution in [1.29, 1.82) is 0 Å². The average Bonchev–Trinajstić information content (AvgIpc) is 2.74. The van der Waals surface area contributed by atoms with Gasteiger partial charge in [0, 0.05) is 25.3 Å². The van der Waals surface area contributed by atoms with Crippen molar-refractivity contribution in [1.82, 2.24) is 5.06 Å². The van der Waals surface area contributed by atoms with Crippen molar-refractivity contribution >= 4 is 23.6 Å². The van der Waals surface area contributed by atoms with Crippen molar-refractivity contribution in [3.63, 3.8) is 0 Å². The predicted octanol–water partition coefficient (Wildman–Crippen LogP) is 4.94. The average molecular weight is 452 g/mol. The number of fused-ring (bicyclic) bond motifs is 3. The molecule has 0 aromatic rings. The number of carbonyl (C=O) groups is 2. The predicted molar refractivity (Wildman–Crippen MR) is 123 cm³/mol. The Morgan fingerprint density at radius 3 is 2.45 bits per heavy atom. The zero-order valence-corrected chi connectivity index (χ0v) is 21.1. The van der Waals surface area contributed by atoms with Crippen LogP contribution in [0.5, 0.6) is 0 Å². The van der Waals surface area contributed by atoms with Gasteiger partial charge >= 0.3 is 5.97 Å². The Balaban J connectivity index is 1.72. The molecule has 0 aromatic carbocycles. The van der Waals surface area contributed by atoms with Gasteiger partial charge in [0.05, 0.1) is 12.5 Å². The van der Waals surface area contributed by atoms with E-state index >= 15 is 0 Å². The van der Waals surface area contributed by atoms with Gasteiger partial charge in [-0.1, -0.05) is 20.3 Å². The van der Waals surface area contributed by atoms with Crippen molar-refractivity contribution in [2.75, 3.05) is 26.2 Å². The van der Waals surface area contributed by atoms with Crippen molar-refractivity contribution < 1.29 is 19.2 Å². The van der Waals surface area contributed by atoms with Crippen LogP contribution in [0.2, 0.25) is 0 Å². The number of hydroxylamine groups is 2. The van der Waals surface area contributed by atoms with Crippen LogP contribution in [0.25, 0.3) is 0 Å². The summed E-state index contributed by atoms with van der Waals surface area (Å²) in [5.41, 5.74) is -0.191. The van der Waals surface area contributed by atoms with Gasteiger partial charge in [0.25, 0.3) is 5.91 Å². The topological polar surface area (TPSA) is 55.8 Å². The summed E-state index contributed by atoms with van der Waals surface area (Å²) < 4.78 is 6.18. The maximum absolute atomic E-state index is 13.4. The van der Waals surface area contributed by atoms with Crippen LogP contribution in [0, 0.1) is 39.9 Å². The monoisotopic (exact) mass is 451 g/mol. The summed E-state index contributed by atoms with van der Waals surface area (Å²) in [7, 11) is 3.32. The second kappa shape index (κ2) is 8.23. The Bertz CT molecular complexity index is 730. The molecule has 1 spiro atoms. The molecule has 5 rings (SSSR count). The van der Waals surface area contributed by atoms with E-state index in [4.69, 9.17) is 9.57 Å². The smallest absolute Gasteiger partial charge is 0.302 e. The molecule has 1 amide bonds. The third-order valence-corrected chi connectivity index (χ3v) is 10.9. The fourth-order valence-electron chi connectivity index (χ4n) is 8.94. The summed E-state index contributed by atoms with van der Waals surface area (Å²) in [6.07, 6.45) is 11.2. The second-order valence-corrected chi connectivity index (χ2v) is 12.2. The summed E-state index contributed by atoms with van der Waals surface area (Å²) in [5, 5.41) is 1.44. The Morgan fingerprint density at radius 2 is 1.81 bits per heavy atom. The first kappa shape index (κ1) is 23.4. The minimum Gasteiger partial charge on any atom is -0.462 e. The molecule has 0 saturated heterocycles. The van der Waals surface area contributed by atoms with E-state index < -0.39 is 0 Å². The normalized spacial score (nSPS) is 46.1. The van der Waals surface area contributed by atoms with E-state index in [9.17, 15) is 9.59 Å². The van der Waals surface area contributed by atoms with Gasteiger partial charge in [-0.05, 0) is 80.1 Å². The number of thioether (sulfide) groups is 1. The first-order valence-electron chi connectivity index (χ1n) is 12.1. The van der Waals surface area contributed by atoms with Crippen LogP contribution in [0.4, 0.5) is 0 Å². The molecule has 176 valence electrons. The van der Waals surface area contributed by atoms with Gasteiger partial charge in [0.1, 0.15) is 6.10 Å². The molecule has 0 radical (unpaired) electrons. The number of amides is 1. The van der Waals surface area contributed by atoms with Crippen LogP contribution in [0.15, 0.2) is 0 Å². The summed E-state index contributed by atoms with van der Waals surface area (Å²) in [4.78, 5) is 30.9. The lowest BCUT2D eigenvalue weighted by molar-refractivity contribution is -0.251. The fraction of sp³-hybridized carbons (Fsp3) is 0.920. The van der Waals surface area contributed by atoms with E-state index in [1.165, 1.54) is 30.7 Å². The molecule has 0 N–H and O–H groups in total. The van der Waals surface area contributed by atoms with Gasteiger partial charge in [-0.3, -0.25) is 14.4 Å². The van der Waals surface area contributed by atoms with Crippen molar-refractivity contribution in [2.24, 2.45) is 39.9 Å². The maximum Gasteiger partial charge on any atom is 0.302 e. The molecular formula is C25H41NO4S. The van der Waals surface area contributed by atoms with Crippen LogP contribution < -0.4 is 0 Å². The Hall–Kier alpha value is -0.750. The zero-order chi connectivity index (χ0) is 22.6. The second-order valence-electron chi connectivity index (χ2n) is 11.3. The molecule has 31 heavy (non-hydrogen) atoms. The highest BCUT2D eigenvalue weighted by Gasteiger charge is 2.69. The van der Waals surface area contributed by atoms with Gasteiger partial charge in [-0.2, -0.15) is 11.8 Å². The van der Waals surface area contributed by atoms with E-state index in [1.54, 1.807) is 21.1 Å². The van der Waals surface area contributed by atoms with Gasteiger partial charge in [0.2, 0.25) is 0 Å². The third-order valence-electron chi connectivity index (χ3n) is 10.1. The van der Waals surface area contributed by atoms with Gasteiger partial charge in [-0.25, -0.2) is 5.06 Å². The van der Waals surface area contributed by atoms with Crippen molar-refractivity contribution in [3.8, 4) is 0 Å². The van der Waals surface area contributed by atoms with Gasteiger partial charge < -0.3 is 4.74 Å². The van der Waals surface area contributed by atoms with Crippen LogP contribution >= 0.6 is 11.8 Å². The van der Waals surface area contributed by atoms with E-state index in [1.807, 2.05) is 11.8 Å². The molecule has 5 aliphatic carbocycles. The SMILES string of the molecule is CON(C)C(=O)[C@]1(C)CCC[C@@]2(C)[C@@H]3C[C@H]4CC[C@@]3(CC[C@@H]21)[C@H](OC(C)=O)[C@H]4CSC. The molecule has 5 nitrogen and oxygen atoms in total. The summed E-state index contributed by atoms with van der Waals surface area (Å²) in [6.45, 7) is 6.23. The fourth-order valence-corrected chi connectivity index (χ4v) is 9.78. The van der Waals surface area contributed by atoms with E-state index in [0.29, 0.717) is 23.7 Å². The summed E-state index contributed by atoms with van der Waals surface area (Å²) >= 11 is 1.89. The Labute approximate surface area is 192 Å². The van der Waals surface area contributed by atoms with Crippen molar-refractivity contribution in [3.05, 3.63) is 0 Å². The quantitative estimate of drug-likeness (QED) is 0.438. The minimum absolute atomic E-state index is 0.0401. The number of esters is 1. The number of ether oxygens (including phenoxy) is 1. The highest BCUT2D eigenvalue weighted by atomic mass is 32.2. The Morgan fingerprint density at radius 1 is 1.10 bits per heavy atom. The van der Waals surface area contributed by atoms with Gasteiger partial charge in [-0.15, -0.1) is 0 Å². The minimum atomic E-state index is -0.383. The first-order valence-corrected chi connectivity index (χ1v) is 13.5. The van der Waals surface area contributed by atoms with Crippen LogP contribution in [0.3, 0.4) is 0 Å². The molecule has 5 aliphatic rings. The maximum atomic E-state index is 13.4. The van der Waals surface area contributed by atoms with Crippen LogP contribution in [-0.4, -0.2) is 49.2 Å².